The van der Waals surface area contributed by atoms with Gasteiger partial charge in [-0.1, -0.05) is 6.07 Å². The Labute approximate surface area is 145 Å². The first-order chi connectivity index (χ1) is 12.4. The maximum Gasteiger partial charge on any atom is 0.231 e. The normalized spacial score (nSPS) is 12.0. The predicted octanol–water partition coefficient (Wildman–Crippen LogP) is 2.82. The number of nitrogens with one attached hydrogen (secondary N) is 2. The van der Waals surface area contributed by atoms with Crippen LogP contribution >= 0.6 is 0 Å². The highest BCUT2D eigenvalue weighted by atomic mass is 16.7. The van der Waals surface area contributed by atoms with E-state index in [4.69, 9.17) is 9.47 Å². The summed E-state index contributed by atoms with van der Waals surface area (Å²) in [5, 5.41) is 6.50. The second kappa shape index (κ2) is 7.04. The molecule has 4 rings (SSSR count). The van der Waals surface area contributed by atoms with Gasteiger partial charge in [-0.15, -0.1) is 0 Å². The molecule has 126 valence electrons. The molecule has 0 bridgehead atoms. The zero-order chi connectivity index (χ0) is 16.9. The Morgan fingerprint density at radius 2 is 1.68 bits per heavy atom. The largest absolute Gasteiger partial charge is 0.454 e. The molecule has 7 nitrogen and oxygen atoms in total. The highest BCUT2D eigenvalue weighted by Crippen LogP contribution is 2.32. The van der Waals surface area contributed by atoms with E-state index in [1.165, 1.54) is 0 Å². The Morgan fingerprint density at radius 1 is 0.840 bits per heavy atom. The van der Waals surface area contributed by atoms with Crippen molar-refractivity contribution in [2.24, 2.45) is 0 Å². The number of aromatic nitrogens is 3. The molecule has 25 heavy (non-hydrogen) atoms. The van der Waals surface area contributed by atoms with Gasteiger partial charge in [0, 0.05) is 31.7 Å². The molecule has 1 aromatic carbocycles. The molecule has 0 radical (unpaired) electrons. The number of hydrogen-bond acceptors (Lipinski definition) is 7. The van der Waals surface area contributed by atoms with Crippen molar-refractivity contribution in [2.75, 3.05) is 17.4 Å². The van der Waals surface area contributed by atoms with E-state index < -0.39 is 0 Å². The van der Waals surface area contributed by atoms with Gasteiger partial charge in [0.25, 0.3) is 0 Å². The van der Waals surface area contributed by atoms with E-state index in [-0.39, 0.29) is 6.79 Å². The van der Waals surface area contributed by atoms with Crippen LogP contribution in [0.2, 0.25) is 0 Å². The van der Waals surface area contributed by atoms with Crippen molar-refractivity contribution in [3.63, 3.8) is 0 Å². The molecule has 0 saturated carbocycles. The average Bonchev–Trinajstić information content (AvgIpc) is 3.14. The number of anilines is 2. The fourth-order valence-electron chi connectivity index (χ4n) is 2.47. The summed E-state index contributed by atoms with van der Waals surface area (Å²) in [7, 11) is 0. The lowest BCUT2D eigenvalue weighted by Crippen LogP contribution is -2.06. The minimum Gasteiger partial charge on any atom is -0.454 e. The molecule has 0 spiro atoms. The van der Waals surface area contributed by atoms with E-state index in [1.807, 2.05) is 36.4 Å². The summed E-state index contributed by atoms with van der Waals surface area (Å²) in [6.07, 6.45) is 5.26. The van der Waals surface area contributed by atoms with Crippen molar-refractivity contribution in [3.05, 3.63) is 66.1 Å². The lowest BCUT2D eigenvalue weighted by atomic mass is 10.2. The number of hydrogen-bond donors (Lipinski definition) is 2. The van der Waals surface area contributed by atoms with Gasteiger partial charge in [0.05, 0.1) is 0 Å². The Balaban J connectivity index is 1.36. The van der Waals surface area contributed by atoms with Gasteiger partial charge in [-0.25, -0.2) is 4.98 Å². The third kappa shape index (κ3) is 3.77. The fraction of sp³-hybridized carbons (Fsp3) is 0.167. The zero-order valence-corrected chi connectivity index (χ0v) is 13.5. The second-order valence-electron chi connectivity index (χ2n) is 5.52. The fourth-order valence-corrected chi connectivity index (χ4v) is 2.47. The van der Waals surface area contributed by atoms with Gasteiger partial charge in [-0.3, -0.25) is 4.98 Å². The zero-order valence-electron chi connectivity index (χ0n) is 13.5. The Bertz CT molecular complexity index is 857. The van der Waals surface area contributed by atoms with Crippen LogP contribution in [0.4, 0.5) is 11.8 Å². The van der Waals surface area contributed by atoms with Crippen molar-refractivity contribution in [2.45, 2.75) is 13.1 Å². The van der Waals surface area contributed by atoms with Gasteiger partial charge >= 0.3 is 0 Å². The maximum atomic E-state index is 5.39. The summed E-state index contributed by atoms with van der Waals surface area (Å²) >= 11 is 0. The second-order valence-corrected chi connectivity index (χ2v) is 5.52. The number of pyridine rings is 1. The molecular formula is C18H17N5O2. The molecule has 0 fully saturated rings. The quantitative estimate of drug-likeness (QED) is 0.717. The number of rotatable bonds is 6. The molecule has 7 heteroatoms. The van der Waals surface area contributed by atoms with Crippen LogP contribution in [0.15, 0.2) is 55.0 Å². The van der Waals surface area contributed by atoms with Crippen LogP contribution in [-0.4, -0.2) is 21.7 Å². The minimum absolute atomic E-state index is 0.282. The SMILES string of the molecule is c1cc(CNc2nccc(NCc3ccc4c(c3)OCO4)n2)ccn1. The lowest BCUT2D eigenvalue weighted by Gasteiger charge is -2.09. The monoisotopic (exact) mass is 335 g/mol. The Hall–Kier alpha value is -3.35. The molecular weight excluding hydrogens is 318 g/mol. The molecule has 0 amide bonds. The van der Waals surface area contributed by atoms with Crippen LogP contribution < -0.4 is 20.1 Å². The molecule has 0 unspecified atom stereocenters. The van der Waals surface area contributed by atoms with E-state index in [9.17, 15) is 0 Å². The van der Waals surface area contributed by atoms with Crippen molar-refractivity contribution in [1.82, 2.24) is 15.0 Å². The van der Waals surface area contributed by atoms with Crippen molar-refractivity contribution >= 4 is 11.8 Å². The molecule has 3 aromatic rings. The summed E-state index contributed by atoms with van der Waals surface area (Å²) in [5.74, 6) is 2.90. The van der Waals surface area contributed by atoms with Crippen LogP contribution in [-0.2, 0) is 13.1 Å². The average molecular weight is 335 g/mol. The van der Waals surface area contributed by atoms with Gasteiger partial charge in [0.2, 0.25) is 12.7 Å². The van der Waals surface area contributed by atoms with Crippen molar-refractivity contribution in [1.29, 1.82) is 0 Å². The van der Waals surface area contributed by atoms with Gasteiger partial charge in [-0.2, -0.15) is 4.98 Å². The van der Waals surface area contributed by atoms with E-state index in [0.29, 0.717) is 19.0 Å². The highest BCUT2D eigenvalue weighted by Gasteiger charge is 2.13. The van der Waals surface area contributed by atoms with Crippen molar-refractivity contribution in [3.8, 4) is 11.5 Å². The van der Waals surface area contributed by atoms with Gasteiger partial charge in [-0.05, 0) is 41.5 Å². The van der Waals surface area contributed by atoms with E-state index in [0.717, 1.165) is 28.4 Å². The van der Waals surface area contributed by atoms with Gasteiger partial charge in [0.15, 0.2) is 11.5 Å². The first-order valence-electron chi connectivity index (χ1n) is 7.95. The van der Waals surface area contributed by atoms with Crippen LogP contribution in [0.1, 0.15) is 11.1 Å². The van der Waals surface area contributed by atoms with E-state index in [1.54, 1.807) is 18.6 Å². The molecule has 2 aromatic heterocycles. The summed E-state index contributed by atoms with van der Waals surface area (Å²) < 4.78 is 10.7. The van der Waals surface area contributed by atoms with Gasteiger partial charge in [0.1, 0.15) is 5.82 Å². The standard InChI is InChI=1S/C18H17N5O2/c1-2-15-16(25-12-24-15)9-14(1)11-21-17-5-8-20-18(23-17)22-10-13-3-6-19-7-4-13/h1-9H,10-12H2,(H2,20,21,22,23). The summed E-state index contributed by atoms with van der Waals surface area (Å²) in [6, 6.07) is 11.6. The molecule has 3 heterocycles. The van der Waals surface area contributed by atoms with Crippen LogP contribution in [0, 0.1) is 0 Å². The number of benzene rings is 1. The molecule has 0 atom stereocenters. The molecule has 0 aliphatic carbocycles. The first kappa shape index (κ1) is 15.2. The molecule has 0 saturated heterocycles. The summed E-state index contributed by atoms with van der Waals surface area (Å²) in [4.78, 5) is 12.7. The van der Waals surface area contributed by atoms with E-state index in [2.05, 4.69) is 25.6 Å². The van der Waals surface area contributed by atoms with Gasteiger partial charge < -0.3 is 20.1 Å². The Kier molecular flexibility index (Phi) is 4.28. The molecule has 1 aliphatic rings. The summed E-state index contributed by atoms with van der Waals surface area (Å²) in [6.45, 7) is 1.57. The van der Waals surface area contributed by atoms with Crippen LogP contribution in [0.3, 0.4) is 0 Å². The summed E-state index contributed by atoms with van der Waals surface area (Å²) in [5.41, 5.74) is 2.21. The molecule has 2 N–H and O–H groups in total. The van der Waals surface area contributed by atoms with E-state index >= 15 is 0 Å². The smallest absolute Gasteiger partial charge is 0.231 e. The third-order valence-electron chi connectivity index (χ3n) is 3.77. The topological polar surface area (TPSA) is 81.2 Å². The number of fused-ring (bicyclic) bond motifs is 1. The minimum atomic E-state index is 0.282. The number of nitrogens with zero attached hydrogens (tertiary/aromatic N) is 3. The third-order valence-corrected chi connectivity index (χ3v) is 3.77. The molecule has 1 aliphatic heterocycles. The predicted molar refractivity (Wildman–Crippen MR) is 93.5 cm³/mol. The lowest BCUT2D eigenvalue weighted by molar-refractivity contribution is 0.174. The van der Waals surface area contributed by atoms with Crippen LogP contribution in [0.25, 0.3) is 0 Å². The van der Waals surface area contributed by atoms with Crippen LogP contribution in [0.5, 0.6) is 11.5 Å². The Morgan fingerprint density at radius 3 is 2.60 bits per heavy atom. The number of ether oxygens (including phenoxy) is 2. The maximum absolute atomic E-state index is 5.39. The highest BCUT2D eigenvalue weighted by molar-refractivity contribution is 5.46. The first-order valence-corrected chi connectivity index (χ1v) is 7.95. The van der Waals surface area contributed by atoms with Crippen molar-refractivity contribution < 1.29 is 9.47 Å².